The highest BCUT2D eigenvalue weighted by atomic mass is 16.4. The highest BCUT2D eigenvalue weighted by Gasteiger charge is 2.19. The Morgan fingerprint density at radius 1 is 1.21 bits per heavy atom. The lowest BCUT2D eigenvalue weighted by Gasteiger charge is -2.14. The molecular formula is C21H34N2O5. The van der Waals surface area contributed by atoms with Gasteiger partial charge in [0.25, 0.3) is 0 Å². The molecular weight excluding hydrogens is 360 g/mol. The van der Waals surface area contributed by atoms with Gasteiger partial charge in [0.2, 0.25) is 0 Å². The molecule has 0 aliphatic heterocycles. The number of aryl methyl sites for hydroxylation is 1. The van der Waals surface area contributed by atoms with Gasteiger partial charge in [-0.25, -0.2) is 4.98 Å². The average molecular weight is 395 g/mol. The van der Waals surface area contributed by atoms with Crippen LogP contribution in [0, 0.1) is 6.92 Å². The normalized spacial score (nSPS) is 15.4. The minimum atomic E-state index is -1.09. The molecule has 0 saturated heterocycles. The molecule has 0 amide bonds. The number of carboxylic acids is 1. The number of hydrogen-bond donors (Lipinski definition) is 4. The van der Waals surface area contributed by atoms with Gasteiger partial charge in [0.05, 0.1) is 29.7 Å². The number of carbonyl (C=O) groups is 1. The van der Waals surface area contributed by atoms with Crippen LogP contribution in [0.25, 0.3) is 6.08 Å². The van der Waals surface area contributed by atoms with Crippen LogP contribution in [0.3, 0.4) is 0 Å². The first-order valence-corrected chi connectivity index (χ1v) is 9.90. The molecule has 1 heterocycles. The fourth-order valence-electron chi connectivity index (χ4n) is 2.91. The zero-order valence-corrected chi connectivity index (χ0v) is 17.1. The Labute approximate surface area is 167 Å². The van der Waals surface area contributed by atoms with Crippen molar-refractivity contribution >= 4 is 12.0 Å². The van der Waals surface area contributed by atoms with Crippen LogP contribution in [0.4, 0.5) is 0 Å². The molecule has 0 fully saturated rings. The van der Waals surface area contributed by atoms with Gasteiger partial charge in [-0.05, 0) is 32.3 Å². The van der Waals surface area contributed by atoms with Crippen LogP contribution in [0.5, 0.6) is 0 Å². The highest BCUT2D eigenvalue weighted by Crippen LogP contribution is 2.25. The van der Waals surface area contributed by atoms with Gasteiger partial charge >= 0.3 is 5.97 Å². The van der Waals surface area contributed by atoms with Gasteiger partial charge in [-0.15, -0.1) is 0 Å². The topological polar surface area (TPSA) is 116 Å². The minimum absolute atomic E-state index is 0.0391. The van der Waals surface area contributed by atoms with Gasteiger partial charge in [0.15, 0.2) is 0 Å². The number of hydrogen-bond acceptors (Lipinski definition) is 5. The summed E-state index contributed by atoms with van der Waals surface area (Å²) in [6.07, 6.45) is 8.11. The van der Waals surface area contributed by atoms with Crippen LogP contribution in [0.15, 0.2) is 18.2 Å². The van der Waals surface area contributed by atoms with Crippen molar-refractivity contribution in [1.29, 1.82) is 0 Å². The second-order valence-corrected chi connectivity index (χ2v) is 7.06. The van der Waals surface area contributed by atoms with Crippen LogP contribution >= 0.6 is 0 Å². The summed E-state index contributed by atoms with van der Waals surface area (Å²) in [6, 6.07) is 0. The maximum absolute atomic E-state index is 10.5. The number of unbranched alkanes of at least 4 members (excludes halogenated alkanes) is 2. The molecule has 0 radical (unpaired) electrons. The summed E-state index contributed by atoms with van der Waals surface area (Å²) < 4.78 is 1.85. The van der Waals surface area contributed by atoms with E-state index >= 15 is 0 Å². The van der Waals surface area contributed by atoms with E-state index in [1.165, 1.54) is 6.08 Å². The third-order valence-corrected chi connectivity index (χ3v) is 4.70. The molecule has 4 N–H and O–H groups in total. The van der Waals surface area contributed by atoms with Gasteiger partial charge < -0.3 is 25.0 Å². The van der Waals surface area contributed by atoms with E-state index in [4.69, 9.17) is 5.11 Å². The average Bonchev–Trinajstić information content (AvgIpc) is 2.93. The Balaban J connectivity index is 2.71. The summed E-state index contributed by atoms with van der Waals surface area (Å²) in [5.41, 5.74) is 1.30. The summed E-state index contributed by atoms with van der Waals surface area (Å²) in [6.45, 7) is 3.97. The Morgan fingerprint density at radius 3 is 2.57 bits per heavy atom. The highest BCUT2D eigenvalue weighted by molar-refractivity contribution is 5.66. The third kappa shape index (κ3) is 7.96. The predicted octanol–water partition coefficient (Wildman–Crippen LogP) is 2.89. The maximum atomic E-state index is 10.5. The molecule has 7 heteroatoms. The predicted molar refractivity (Wildman–Crippen MR) is 109 cm³/mol. The van der Waals surface area contributed by atoms with Gasteiger partial charge in [-0.2, -0.15) is 0 Å². The van der Waals surface area contributed by atoms with Crippen LogP contribution in [-0.4, -0.2) is 48.2 Å². The summed E-state index contributed by atoms with van der Waals surface area (Å²) in [4.78, 5) is 14.9. The van der Waals surface area contributed by atoms with Crippen molar-refractivity contribution in [3.63, 3.8) is 0 Å². The lowest BCUT2D eigenvalue weighted by molar-refractivity contribution is -0.136. The van der Waals surface area contributed by atoms with E-state index in [0.29, 0.717) is 24.2 Å². The Kier molecular flexibility index (Phi) is 10.7. The molecule has 0 aliphatic rings. The van der Waals surface area contributed by atoms with E-state index < -0.39 is 24.3 Å². The number of aromatic nitrogens is 2. The molecule has 1 unspecified atom stereocenters. The molecule has 1 aromatic rings. The molecule has 3 atom stereocenters. The number of allylic oxidation sites excluding steroid dienone is 1. The second-order valence-electron chi connectivity index (χ2n) is 7.06. The standard InChI is InChI=1S/C21H34N2O5/c1-4-5-7-11-19(26)21-16(22-15(2)23(21)3)13-14-18(25)17(24)10-8-6-9-12-20(27)28/h6,8,13-14,17-19,24-26H,4-5,7,9-12H2,1-3H3,(H,27,28)/b8-6?,14-13+/t17-,18+,19?/m0/s1. The SMILES string of the molecule is CCCCCC(O)c1c(/C=C/[C@@H](O)[C@@H](O)CC=CCCC(=O)O)nc(C)n1C. The summed E-state index contributed by atoms with van der Waals surface area (Å²) in [7, 11) is 1.85. The summed E-state index contributed by atoms with van der Waals surface area (Å²) >= 11 is 0. The molecule has 0 aromatic carbocycles. The molecule has 1 aromatic heterocycles. The lowest BCUT2D eigenvalue weighted by Crippen LogP contribution is -2.22. The fourth-order valence-corrected chi connectivity index (χ4v) is 2.91. The van der Waals surface area contributed by atoms with Crippen molar-refractivity contribution in [1.82, 2.24) is 9.55 Å². The Bertz CT molecular complexity index is 666. The molecule has 0 saturated carbocycles. The number of aliphatic hydroxyl groups is 3. The van der Waals surface area contributed by atoms with Crippen molar-refractivity contribution in [3.8, 4) is 0 Å². The molecule has 7 nitrogen and oxygen atoms in total. The summed E-state index contributed by atoms with van der Waals surface area (Å²) in [5, 5.41) is 39.3. The molecule has 0 aliphatic carbocycles. The molecule has 158 valence electrons. The number of aliphatic hydroxyl groups excluding tert-OH is 3. The smallest absolute Gasteiger partial charge is 0.303 e. The maximum Gasteiger partial charge on any atom is 0.303 e. The number of imidazole rings is 1. The summed E-state index contributed by atoms with van der Waals surface area (Å²) in [5.74, 6) is -0.105. The van der Waals surface area contributed by atoms with E-state index in [-0.39, 0.29) is 12.8 Å². The quantitative estimate of drug-likeness (QED) is 0.302. The number of rotatable bonds is 13. The number of carboxylic acid groups (broad SMARTS) is 1. The lowest BCUT2D eigenvalue weighted by atomic mass is 10.0. The Morgan fingerprint density at radius 2 is 1.93 bits per heavy atom. The minimum Gasteiger partial charge on any atom is -0.481 e. The first kappa shape index (κ1) is 24.1. The first-order valence-electron chi connectivity index (χ1n) is 9.90. The largest absolute Gasteiger partial charge is 0.481 e. The van der Waals surface area contributed by atoms with Crippen LogP contribution in [0.1, 0.15) is 75.2 Å². The van der Waals surface area contributed by atoms with Gasteiger partial charge in [0.1, 0.15) is 5.82 Å². The van der Waals surface area contributed by atoms with E-state index in [1.807, 2.05) is 18.5 Å². The van der Waals surface area contributed by atoms with Gasteiger partial charge in [-0.1, -0.05) is 44.4 Å². The zero-order chi connectivity index (χ0) is 21.1. The number of aliphatic carboxylic acids is 1. The van der Waals surface area contributed by atoms with Gasteiger partial charge in [-0.3, -0.25) is 4.79 Å². The van der Waals surface area contributed by atoms with E-state index in [9.17, 15) is 20.1 Å². The Hall–Kier alpha value is -1.96. The van der Waals surface area contributed by atoms with E-state index in [0.717, 1.165) is 25.1 Å². The van der Waals surface area contributed by atoms with Crippen LogP contribution in [-0.2, 0) is 11.8 Å². The second kappa shape index (κ2) is 12.5. The van der Waals surface area contributed by atoms with E-state index in [1.54, 1.807) is 18.2 Å². The van der Waals surface area contributed by atoms with E-state index in [2.05, 4.69) is 11.9 Å². The molecule has 0 bridgehead atoms. The third-order valence-electron chi connectivity index (χ3n) is 4.70. The molecule has 28 heavy (non-hydrogen) atoms. The van der Waals surface area contributed by atoms with Crippen molar-refractivity contribution in [2.75, 3.05) is 0 Å². The van der Waals surface area contributed by atoms with Crippen LogP contribution < -0.4 is 0 Å². The van der Waals surface area contributed by atoms with Crippen molar-refractivity contribution in [3.05, 3.63) is 35.4 Å². The van der Waals surface area contributed by atoms with Crippen LogP contribution in [0.2, 0.25) is 0 Å². The van der Waals surface area contributed by atoms with Crippen molar-refractivity contribution < 1.29 is 25.2 Å². The van der Waals surface area contributed by atoms with Crippen molar-refractivity contribution in [2.24, 2.45) is 7.05 Å². The monoisotopic (exact) mass is 394 g/mol. The molecule has 0 spiro atoms. The fraction of sp³-hybridized carbons (Fsp3) is 0.619. The molecule has 1 rings (SSSR count). The first-order chi connectivity index (χ1) is 13.3. The van der Waals surface area contributed by atoms with Crippen molar-refractivity contribution in [2.45, 2.75) is 77.1 Å². The zero-order valence-electron chi connectivity index (χ0n) is 17.1. The van der Waals surface area contributed by atoms with Gasteiger partial charge in [0, 0.05) is 13.5 Å². The number of nitrogens with zero attached hydrogens (tertiary/aromatic N) is 2.